The van der Waals surface area contributed by atoms with Crippen LogP contribution in [0.3, 0.4) is 0 Å². The Balaban J connectivity index is 2.31. The normalized spacial score (nSPS) is 10.9. The van der Waals surface area contributed by atoms with Gasteiger partial charge < -0.3 is 14.3 Å². The second kappa shape index (κ2) is 4.68. The third kappa shape index (κ3) is 1.96. The lowest BCUT2D eigenvalue weighted by Crippen LogP contribution is -2.02. The van der Waals surface area contributed by atoms with E-state index in [2.05, 4.69) is 0 Å². The molecule has 0 saturated heterocycles. The SMILES string of the molecule is COc1ccc2oc(-c3cc(C)cs3)c(O)c(=O)c2c1. The number of ether oxygens (including phenoxy) is 1. The van der Waals surface area contributed by atoms with E-state index in [0.717, 1.165) is 10.4 Å². The molecule has 1 aromatic carbocycles. The molecule has 3 rings (SSSR count). The molecule has 0 radical (unpaired) electrons. The summed E-state index contributed by atoms with van der Waals surface area (Å²) in [7, 11) is 1.52. The summed E-state index contributed by atoms with van der Waals surface area (Å²) in [4.78, 5) is 13.0. The first-order valence-corrected chi connectivity index (χ1v) is 6.87. The Kier molecular flexibility index (Phi) is 2.99. The topological polar surface area (TPSA) is 59.7 Å². The lowest BCUT2D eigenvalue weighted by atomic mass is 10.2. The predicted molar refractivity (Wildman–Crippen MR) is 78.8 cm³/mol. The molecule has 0 aliphatic rings. The van der Waals surface area contributed by atoms with Gasteiger partial charge in [-0.15, -0.1) is 11.3 Å². The van der Waals surface area contributed by atoms with Crippen LogP contribution in [0.15, 0.2) is 38.9 Å². The monoisotopic (exact) mass is 288 g/mol. The minimum absolute atomic E-state index is 0.214. The van der Waals surface area contributed by atoms with Crippen LogP contribution in [0.4, 0.5) is 0 Å². The molecule has 3 aromatic rings. The molecule has 0 bridgehead atoms. The molecule has 1 N–H and O–H groups in total. The van der Waals surface area contributed by atoms with Crippen molar-refractivity contribution in [3.63, 3.8) is 0 Å². The summed E-state index contributed by atoms with van der Waals surface area (Å²) in [6.45, 7) is 1.95. The van der Waals surface area contributed by atoms with Crippen LogP contribution in [-0.4, -0.2) is 12.2 Å². The highest BCUT2D eigenvalue weighted by Gasteiger charge is 2.16. The zero-order valence-electron chi connectivity index (χ0n) is 11.0. The standard InChI is InChI=1S/C15H12O4S/c1-8-5-12(20-7-8)15-14(17)13(16)10-6-9(18-2)3-4-11(10)19-15/h3-7,17H,1-2H3. The molecule has 0 spiro atoms. The molecule has 0 amide bonds. The van der Waals surface area contributed by atoms with Crippen molar-refractivity contribution in [1.29, 1.82) is 0 Å². The van der Waals surface area contributed by atoms with E-state index in [1.807, 2.05) is 18.4 Å². The summed E-state index contributed by atoms with van der Waals surface area (Å²) in [6, 6.07) is 6.81. The van der Waals surface area contributed by atoms with Crippen LogP contribution >= 0.6 is 11.3 Å². The molecular weight excluding hydrogens is 276 g/mol. The van der Waals surface area contributed by atoms with Gasteiger partial charge in [-0.2, -0.15) is 0 Å². The highest BCUT2D eigenvalue weighted by molar-refractivity contribution is 7.13. The second-order valence-corrected chi connectivity index (χ2v) is 5.37. The molecule has 2 heterocycles. The predicted octanol–water partition coefficient (Wildman–Crippen LogP) is 3.54. The molecule has 0 atom stereocenters. The van der Waals surface area contributed by atoms with Gasteiger partial charge >= 0.3 is 0 Å². The summed E-state index contributed by atoms with van der Waals surface area (Å²) in [5, 5.41) is 12.3. The average Bonchev–Trinajstić information content (AvgIpc) is 2.88. The van der Waals surface area contributed by atoms with Gasteiger partial charge in [-0.1, -0.05) is 0 Å². The van der Waals surface area contributed by atoms with Gasteiger partial charge in [0.25, 0.3) is 0 Å². The Morgan fingerprint density at radius 3 is 2.75 bits per heavy atom. The fourth-order valence-electron chi connectivity index (χ4n) is 2.01. The Labute approximate surface area is 118 Å². The number of methoxy groups -OCH3 is 1. The lowest BCUT2D eigenvalue weighted by Gasteiger charge is -2.05. The zero-order chi connectivity index (χ0) is 14.3. The molecule has 20 heavy (non-hydrogen) atoms. The number of hydrogen-bond acceptors (Lipinski definition) is 5. The summed E-state index contributed by atoms with van der Waals surface area (Å²) in [6.07, 6.45) is 0. The molecule has 5 heteroatoms. The van der Waals surface area contributed by atoms with Gasteiger partial charge in [0, 0.05) is 0 Å². The Hall–Kier alpha value is -2.27. The second-order valence-electron chi connectivity index (χ2n) is 4.46. The van der Waals surface area contributed by atoms with E-state index in [-0.39, 0.29) is 11.5 Å². The quantitative estimate of drug-likeness (QED) is 0.783. The lowest BCUT2D eigenvalue weighted by molar-refractivity contribution is 0.414. The first-order chi connectivity index (χ1) is 9.60. The summed E-state index contributed by atoms with van der Waals surface area (Å²) in [5.74, 6) is 0.391. The van der Waals surface area contributed by atoms with E-state index in [4.69, 9.17) is 9.15 Å². The van der Waals surface area contributed by atoms with Crippen molar-refractivity contribution in [2.75, 3.05) is 7.11 Å². The number of rotatable bonds is 2. The van der Waals surface area contributed by atoms with E-state index in [9.17, 15) is 9.90 Å². The van der Waals surface area contributed by atoms with Gasteiger partial charge in [0.15, 0.2) is 5.76 Å². The van der Waals surface area contributed by atoms with Crippen molar-refractivity contribution in [1.82, 2.24) is 0 Å². The van der Waals surface area contributed by atoms with Crippen LogP contribution < -0.4 is 10.2 Å². The minimum Gasteiger partial charge on any atom is -0.501 e. The highest BCUT2D eigenvalue weighted by atomic mass is 32.1. The molecule has 0 aliphatic carbocycles. The van der Waals surface area contributed by atoms with Gasteiger partial charge in [0.05, 0.1) is 17.4 Å². The zero-order valence-corrected chi connectivity index (χ0v) is 11.8. The molecule has 2 aromatic heterocycles. The third-order valence-electron chi connectivity index (χ3n) is 3.03. The molecule has 0 unspecified atom stereocenters. The van der Waals surface area contributed by atoms with E-state index in [1.165, 1.54) is 18.4 Å². The van der Waals surface area contributed by atoms with Crippen LogP contribution in [0.2, 0.25) is 0 Å². The number of benzene rings is 1. The first-order valence-electron chi connectivity index (χ1n) is 5.99. The number of thiophene rings is 1. The van der Waals surface area contributed by atoms with Crippen LogP contribution in [0.25, 0.3) is 21.6 Å². The minimum atomic E-state index is -0.453. The Morgan fingerprint density at radius 2 is 2.10 bits per heavy atom. The van der Waals surface area contributed by atoms with Crippen molar-refractivity contribution in [2.45, 2.75) is 6.92 Å². The maximum absolute atomic E-state index is 12.2. The van der Waals surface area contributed by atoms with Gasteiger partial charge in [0.2, 0.25) is 11.2 Å². The highest BCUT2D eigenvalue weighted by Crippen LogP contribution is 2.34. The summed E-state index contributed by atoms with van der Waals surface area (Å²) in [5.41, 5.74) is 1.03. The van der Waals surface area contributed by atoms with Crippen molar-refractivity contribution < 1.29 is 14.3 Å². The molecule has 102 valence electrons. The van der Waals surface area contributed by atoms with Crippen LogP contribution in [-0.2, 0) is 0 Å². The summed E-state index contributed by atoms with van der Waals surface area (Å²) < 4.78 is 10.8. The van der Waals surface area contributed by atoms with Crippen molar-refractivity contribution in [3.8, 4) is 22.1 Å². The smallest absolute Gasteiger partial charge is 0.235 e. The van der Waals surface area contributed by atoms with Gasteiger partial charge in [0.1, 0.15) is 11.3 Å². The van der Waals surface area contributed by atoms with E-state index < -0.39 is 5.43 Å². The average molecular weight is 288 g/mol. The first kappa shape index (κ1) is 12.7. The van der Waals surface area contributed by atoms with Crippen molar-refractivity contribution >= 4 is 22.3 Å². The van der Waals surface area contributed by atoms with Crippen LogP contribution in [0.1, 0.15) is 5.56 Å². The Morgan fingerprint density at radius 1 is 1.30 bits per heavy atom. The van der Waals surface area contributed by atoms with Crippen molar-refractivity contribution in [3.05, 3.63) is 45.4 Å². The maximum Gasteiger partial charge on any atom is 0.235 e. The van der Waals surface area contributed by atoms with Gasteiger partial charge in [-0.25, -0.2) is 0 Å². The van der Waals surface area contributed by atoms with E-state index in [1.54, 1.807) is 18.2 Å². The molecule has 0 saturated carbocycles. The molecular formula is C15H12O4S. The number of hydrogen-bond donors (Lipinski definition) is 1. The van der Waals surface area contributed by atoms with Crippen molar-refractivity contribution in [2.24, 2.45) is 0 Å². The van der Waals surface area contributed by atoms with E-state index in [0.29, 0.717) is 16.7 Å². The number of aryl methyl sites for hydroxylation is 1. The fraction of sp³-hybridized carbons (Fsp3) is 0.133. The largest absolute Gasteiger partial charge is 0.501 e. The van der Waals surface area contributed by atoms with Crippen LogP contribution in [0.5, 0.6) is 11.5 Å². The third-order valence-corrected chi connectivity index (χ3v) is 4.07. The van der Waals surface area contributed by atoms with Crippen LogP contribution in [0, 0.1) is 6.92 Å². The molecule has 0 aliphatic heterocycles. The number of aromatic hydroxyl groups is 1. The molecule has 4 nitrogen and oxygen atoms in total. The molecule has 0 fully saturated rings. The number of fused-ring (bicyclic) bond motifs is 1. The maximum atomic E-state index is 12.2. The summed E-state index contributed by atoms with van der Waals surface area (Å²) >= 11 is 1.42. The Bertz CT molecular complexity index is 845. The van der Waals surface area contributed by atoms with Gasteiger partial charge in [-0.05, 0) is 42.1 Å². The van der Waals surface area contributed by atoms with Gasteiger partial charge in [-0.3, -0.25) is 4.79 Å². The van der Waals surface area contributed by atoms with E-state index >= 15 is 0 Å². The fourth-order valence-corrected chi connectivity index (χ4v) is 2.89.